The van der Waals surface area contributed by atoms with Crippen LogP contribution in [0.4, 0.5) is 0 Å². The van der Waals surface area contributed by atoms with Gasteiger partial charge in [-0.05, 0) is 64.2 Å². The molecule has 2 unspecified atom stereocenters. The Balaban J connectivity index is 4.61. The molecule has 0 aliphatic rings. The summed E-state index contributed by atoms with van der Waals surface area (Å²) in [5.41, 5.74) is 0. The molecule has 58 heavy (non-hydrogen) atoms. The third kappa shape index (κ3) is 39.5. The minimum Gasteiger partial charge on any atom is -0.550 e. The lowest BCUT2D eigenvalue weighted by atomic mass is 10.1. The van der Waals surface area contributed by atoms with Crippen LogP contribution in [0.15, 0.2) is 24.3 Å². The molecule has 338 valence electrons. The summed E-state index contributed by atoms with van der Waals surface area (Å²) in [6, 6.07) is 0. The average Bonchev–Trinajstić information content (AvgIpc) is 3.17. The van der Waals surface area contributed by atoms with E-state index >= 15 is 0 Å². The van der Waals surface area contributed by atoms with Crippen LogP contribution in [0.25, 0.3) is 0 Å². The number of carbonyl (C=O) groups is 4. The fourth-order valence-electron chi connectivity index (χ4n) is 6.67. The van der Waals surface area contributed by atoms with E-state index in [0.717, 1.165) is 81.4 Å². The predicted octanol–water partition coefficient (Wildman–Crippen LogP) is 10.2. The van der Waals surface area contributed by atoms with E-state index in [0.29, 0.717) is 36.2 Å². The number of unbranched alkanes of at least 4 members (excludes halogenated alkanes) is 22. The monoisotopic (exact) mass is 855 g/mol. The van der Waals surface area contributed by atoms with Gasteiger partial charge in [0.2, 0.25) is 0 Å². The largest absolute Gasteiger partial charge is 0.550 e. The van der Waals surface area contributed by atoms with Crippen LogP contribution >= 0.6 is 21.6 Å². The highest BCUT2D eigenvalue weighted by atomic mass is 33.1. The number of carboxylic acid groups (broad SMARTS) is 2. The summed E-state index contributed by atoms with van der Waals surface area (Å²) >= 11 is 0. The Bertz CT molecular complexity index is 1080. The molecule has 2 atom stereocenters. The summed E-state index contributed by atoms with van der Waals surface area (Å²) in [6.07, 6.45) is 39.5. The van der Waals surface area contributed by atoms with Gasteiger partial charge in [0.05, 0.1) is 37.6 Å². The molecule has 0 bridgehead atoms. The van der Waals surface area contributed by atoms with Gasteiger partial charge in [-0.3, -0.25) is 9.59 Å². The number of hydrogen-bond acceptors (Lipinski definition) is 10. The van der Waals surface area contributed by atoms with Gasteiger partial charge in [0.15, 0.2) is 6.10 Å². The molecule has 11 heteroatoms. The molecule has 0 heterocycles. The number of aliphatic carboxylic acids is 2. The molecule has 0 aromatic rings. The first-order valence-electron chi connectivity index (χ1n) is 23.2. The maximum atomic E-state index is 12.9. The predicted molar refractivity (Wildman–Crippen MR) is 240 cm³/mol. The lowest BCUT2D eigenvalue weighted by Crippen LogP contribution is -2.49. The van der Waals surface area contributed by atoms with Gasteiger partial charge in [-0.25, -0.2) is 0 Å². The molecule has 0 aromatic carbocycles. The topological polar surface area (TPSA) is 133 Å². The summed E-state index contributed by atoms with van der Waals surface area (Å²) < 4.78 is 12.0. The summed E-state index contributed by atoms with van der Waals surface area (Å²) in [5.74, 6) is -2.91. The summed E-state index contributed by atoms with van der Waals surface area (Å²) in [5, 5.41) is 21.0. The normalized spacial score (nSPS) is 13.0. The van der Waals surface area contributed by atoms with E-state index in [2.05, 4.69) is 38.2 Å². The smallest absolute Gasteiger partial charge is 0.306 e. The van der Waals surface area contributed by atoms with Crippen LogP contribution in [-0.2, 0) is 28.7 Å². The van der Waals surface area contributed by atoms with Gasteiger partial charge in [-0.2, -0.15) is 0 Å². The van der Waals surface area contributed by atoms with Gasteiger partial charge >= 0.3 is 11.9 Å². The third-order valence-corrected chi connectivity index (χ3v) is 13.0. The zero-order chi connectivity index (χ0) is 43.0. The zero-order valence-corrected chi connectivity index (χ0v) is 39.0. The van der Waals surface area contributed by atoms with Crippen molar-refractivity contribution >= 4 is 45.5 Å². The zero-order valence-electron chi connectivity index (χ0n) is 37.3. The number of allylic oxidation sites excluding steroid dienone is 4. The van der Waals surface area contributed by atoms with Crippen molar-refractivity contribution in [3.8, 4) is 0 Å². The Hall–Kier alpha value is -1.98. The second-order valence-electron chi connectivity index (χ2n) is 16.6. The van der Waals surface area contributed by atoms with Crippen molar-refractivity contribution < 1.29 is 43.3 Å². The number of rotatable bonds is 43. The van der Waals surface area contributed by atoms with Crippen molar-refractivity contribution in [1.29, 1.82) is 0 Å². The van der Waals surface area contributed by atoms with Gasteiger partial charge in [0.25, 0.3) is 0 Å². The maximum absolute atomic E-state index is 12.9. The van der Waals surface area contributed by atoms with Crippen LogP contribution in [-0.4, -0.2) is 79.3 Å². The SMILES string of the molecule is CCCCCCCC/C=C/CCCCCCCC(=O)OCC(C[N+](C)(C)CCSSC(CC(=O)[O-])C(=O)[O-])OC(=O)CCCCCCC/C=C/CCCCCCCC. The molecule has 0 saturated heterocycles. The third-order valence-electron chi connectivity index (χ3n) is 10.3. The number of likely N-dealkylation sites (N-methyl/N-ethyl adjacent to an activating group) is 1. The van der Waals surface area contributed by atoms with E-state index in [9.17, 15) is 29.4 Å². The molecule has 0 radical (unpaired) electrons. The molecule has 0 N–H and O–H groups in total. The Morgan fingerprint density at radius 3 is 1.43 bits per heavy atom. The molecule has 0 saturated carbocycles. The molecule has 0 spiro atoms. The van der Waals surface area contributed by atoms with Crippen LogP contribution in [0.5, 0.6) is 0 Å². The second-order valence-corrected chi connectivity index (χ2v) is 19.3. The first kappa shape index (κ1) is 56.0. The molecule has 0 rings (SSSR count). The van der Waals surface area contributed by atoms with E-state index in [1.807, 2.05) is 14.1 Å². The summed E-state index contributed by atoms with van der Waals surface area (Å²) in [7, 11) is 6.15. The van der Waals surface area contributed by atoms with Crippen molar-refractivity contribution in [2.75, 3.05) is 39.5 Å². The number of carbonyl (C=O) groups excluding carboxylic acids is 4. The molecular formula is C47H84NO8S2-. The van der Waals surface area contributed by atoms with Gasteiger partial charge in [-0.1, -0.05) is 162 Å². The maximum Gasteiger partial charge on any atom is 0.306 e. The minimum atomic E-state index is -1.43. The average molecular weight is 855 g/mol. The molecule has 0 aromatic heterocycles. The number of nitrogens with zero attached hydrogens (tertiary/aromatic N) is 1. The van der Waals surface area contributed by atoms with Crippen molar-refractivity contribution in [3.63, 3.8) is 0 Å². The van der Waals surface area contributed by atoms with Crippen molar-refractivity contribution in [3.05, 3.63) is 24.3 Å². The molecule has 0 aliphatic carbocycles. The van der Waals surface area contributed by atoms with E-state index < -0.39 is 29.7 Å². The summed E-state index contributed by atoms with van der Waals surface area (Å²) in [6.45, 7) is 5.49. The van der Waals surface area contributed by atoms with E-state index in [1.165, 1.54) is 107 Å². The Kier molecular flexibility index (Phi) is 39.0. The minimum absolute atomic E-state index is 0.00996. The van der Waals surface area contributed by atoms with Crippen LogP contribution in [0, 0.1) is 0 Å². The number of hydrogen-bond donors (Lipinski definition) is 0. The van der Waals surface area contributed by atoms with E-state index in [4.69, 9.17) is 9.47 Å². The number of quaternary nitrogens is 1. The van der Waals surface area contributed by atoms with Crippen LogP contribution in [0.1, 0.15) is 200 Å². The quantitative estimate of drug-likeness (QED) is 0.0192. The Morgan fingerprint density at radius 2 is 1.00 bits per heavy atom. The van der Waals surface area contributed by atoms with Gasteiger partial charge in [0, 0.05) is 25.2 Å². The highest BCUT2D eigenvalue weighted by molar-refractivity contribution is 8.77. The van der Waals surface area contributed by atoms with Gasteiger partial charge < -0.3 is 33.8 Å². The Labute approximate surface area is 362 Å². The molecule has 0 fully saturated rings. The highest BCUT2D eigenvalue weighted by Gasteiger charge is 2.27. The van der Waals surface area contributed by atoms with E-state index in [1.54, 1.807) is 0 Å². The number of esters is 2. The van der Waals surface area contributed by atoms with Crippen molar-refractivity contribution in [1.82, 2.24) is 0 Å². The molecule has 0 aliphatic heterocycles. The highest BCUT2D eigenvalue weighted by Crippen LogP contribution is 2.29. The molecular weight excluding hydrogens is 771 g/mol. The van der Waals surface area contributed by atoms with E-state index in [-0.39, 0.29) is 18.5 Å². The summed E-state index contributed by atoms with van der Waals surface area (Å²) in [4.78, 5) is 47.8. The Morgan fingerprint density at radius 1 is 0.586 bits per heavy atom. The molecule has 9 nitrogen and oxygen atoms in total. The van der Waals surface area contributed by atoms with Crippen LogP contribution in [0.3, 0.4) is 0 Å². The fraction of sp³-hybridized carbons (Fsp3) is 0.830. The van der Waals surface area contributed by atoms with Gasteiger partial charge in [-0.15, -0.1) is 0 Å². The second kappa shape index (κ2) is 40.4. The fourth-order valence-corrected chi connectivity index (χ4v) is 9.23. The van der Waals surface area contributed by atoms with Crippen molar-refractivity contribution in [2.24, 2.45) is 0 Å². The number of ether oxygens (including phenoxy) is 2. The van der Waals surface area contributed by atoms with Gasteiger partial charge in [0.1, 0.15) is 13.2 Å². The standard InChI is InChI=1S/C47H85NO8S2/c1-5-7-9-11-13-15-17-19-21-23-25-27-29-31-33-35-45(51)55-41-42(40-48(3,4)37-38-57-58-43(47(53)54)39-44(49)50)56-46(52)36-34-32-30-28-26-24-22-20-18-16-14-12-10-8-6-2/h19-22,42-43H,5-18,23-41H2,1-4H3,(H-,49,50,53,54)/p-1/b21-19+,22-20+. The van der Waals surface area contributed by atoms with Crippen molar-refractivity contribution in [2.45, 2.75) is 211 Å². The first-order valence-corrected chi connectivity index (χ1v) is 25.5. The first-order chi connectivity index (χ1) is 28.0. The number of carboxylic acids is 2. The molecule has 0 amide bonds. The van der Waals surface area contributed by atoms with Crippen LogP contribution < -0.4 is 10.2 Å². The lowest BCUT2D eigenvalue weighted by molar-refractivity contribution is -0.890. The lowest BCUT2D eigenvalue weighted by Gasteiger charge is -2.33. The van der Waals surface area contributed by atoms with Crippen LogP contribution in [0.2, 0.25) is 0 Å².